The smallest absolute Gasteiger partial charge is 0.398 e. The number of amides is 1. The van der Waals surface area contributed by atoms with Crippen LogP contribution >= 0.6 is 0 Å². The van der Waals surface area contributed by atoms with Crippen LogP contribution in [0.4, 0.5) is 24.5 Å². The summed E-state index contributed by atoms with van der Waals surface area (Å²) in [6.45, 7) is -2.84. The van der Waals surface area contributed by atoms with E-state index in [1.165, 1.54) is 0 Å². The molecule has 0 saturated heterocycles. The summed E-state index contributed by atoms with van der Waals surface area (Å²) in [6, 6.07) is 2.90. The van der Waals surface area contributed by atoms with Gasteiger partial charge in [-0.25, -0.2) is 0 Å². The van der Waals surface area contributed by atoms with E-state index in [0.717, 1.165) is 18.2 Å². The molecule has 21 heavy (non-hydrogen) atoms. The van der Waals surface area contributed by atoms with Crippen molar-refractivity contribution in [3.63, 3.8) is 0 Å². The number of benzene rings is 1. The molecule has 0 fully saturated rings. The van der Waals surface area contributed by atoms with Gasteiger partial charge in [0.2, 0.25) is 0 Å². The Bertz CT molecular complexity index is 548. The Morgan fingerprint density at radius 3 is 2.52 bits per heavy atom. The van der Waals surface area contributed by atoms with Crippen LogP contribution in [-0.4, -0.2) is 46.7 Å². The molecular formula is C11H12F3N3O4. The molecule has 3 N–H and O–H groups in total. The molecule has 0 aliphatic carbocycles. The lowest BCUT2D eigenvalue weighted by atomic mass is 10.1. The number of nitro benzene ring substituents is 1. The van der Waals surface area contributed by atoms with Crippen LogP contribution in [0.5, 0.6) is 0 Å². The Kier molecular flexibility index (Phi) is 5.08. The van der Waals surface area contributed by atoms with E-state index >= 15 is 0 Å². The Balaban J connectivity index is 3.13. The second-order valence-electron chi connectivity index (χ2n) is 4.09. The van der Waals surface area contributed by atoms with E-state index in [1.54, 1.807) is 0 Å². The van der Waals surface area contributed by atoms with E-state index in [2.05, 4.69) is 0 Å². The van der Waals surface area contributed by atoms with Crippen LogP contribution < -0.4 is 5.73 Å². The SMILES string of the molecule is Nc1ccc([N+](=O)[O-])cc1C(=O)N(CCO)CC(F)(F)F. The third-order valence-electron chi connectivity index (χ3n) is 2.51. The predicted molar refractivity (Wildman–Crippen MR) is 66.6 cm³/mol. The number of aliphatic hydroxyl groups is 1. The van der Waals surface area contributed by atoms with Crippen molar-refractivity contribution in [2.24, 2.45) is 0 Å². The highest BCUT2D eigenvalue weighted by atomic mass is 19.4. The standard InChI is InChI=1S/C11H12F3N3O4/c12-11(13,14)6-16(3-4-18)10(19)8-5-7(17(20)21)1-2-9(8)15/h1-2,5,18H,3-4,6,15H2. The van der Waals surface area contributed by atoms with Crippen LogP contribution in [0.1, 0.15) is 10.4 Å². The first-order chi connectivity index (χ1) is 9.65. The van der Waals surface area contributed by atoms with Gasteiger partial charge in [0.15, 0.2) is 0 Å². The van der Waals surface area contributed by atoms with Gasteiger partial charge in [-0.15, -0.1) is 0 Å². The molecule has 0 heterocycles. The third kappa shape index (κ3) is 4.60. The molecule has 0 saturated carbocycles. The van der Waals surface area contributed by atoms with Crippen LogP contribution in [0.3, 0.4) is 0 Å². The van der Waals surface area contributed by atoms with E-state index in [0.29, 0.717) is 4.90 Å². The topological polar surface area (TPSA) is 110 Å². The van der Waals surface area contributed by atoms with E-state index in [-0.39, 0.29) is 5.69 Å². The normalized spacial score (nSPS) is 11.2. The summed E-state index contributed by atoms with van der Waals surface area (Å²) < 4.78 is 37.2. The Labute approximate surface area is 116 Å². The fraction of sp³-hybridized carbons (Fsp3) is 0.364. The zero-order chi connectivity index (χ0) is 16.2. The van der Waals surface area contributed by atoms with Gasteiger partial charge in [-0.1, -0.05) is 0 Å². The summed E-state index contributed by atoms with van der Waals surface area (Å²) in [5.74, 6) is -1.14. The highest BCUT2D eigenvalue weighted by Crippen LogP contribution is 2.23. The molecule has 1 aromatic rings. The fourth-order valence-corrected chi connectivity index (χ4v) is 1.60. The Hall–Kier alpha value is -2.36. The van der Waals surface area contributed by atoms with Crippen molar-refractivity contribution in [3.05, 3.63) is 33.9 Å². The first-order valence-electron chi connectivity index (χ1n) is 5.66. The van der Waals surface area contributed by atoms with Gasteiger partial charge in [-0.05, 0) is 6.07 Å². The molecule has 116 valence electrons. The van der Waals surface area contributed by atoms with Crippen LogP contribution in [0, 0.1) is 10.1 Å². The summed E-state index contributed by atoms with van der Waals surface area (Å²) in [4.78, 5) is 22.2. The highest BCUT2D eigenvalue weighted by Gasteiger charge is 2.34. The number of nitrogen functional groups attached to an aromatic ring is 1. The second-order valence-corrected chi connectivity index (χ2v) is 4.09. The van der Waals surface area contributed by atoms with Crippen molar-refractivity contribution in [3.8, 4) is 0 Å². The Morgan fingerprint density at radius 1 is 1.43 bits per heavy atom. The van der Waals surface area contributed by atoms with Gasteiger partial charge >= 0.3 is 6.18 Å². The number of nitrogens with zero attached hydrogens (tertiary/aromatic N) is 2. The van der Waals surface area contributed by atoms with Gasteiger partial charge in [-0.2, -0.15) is 13.2 Å². The van der Waals surface area contributed by atoms with Crippen LogP contribution in [0.2, 0.25) is 0 Å². The maximum atomic E-state index is 12.4. The number of anilines is 1. The molecule has 0 aliphatic rings. The third-order valence-corrected chi connectivity index (χ3v) is 2.51. The van der Waals surface area contributed by atoms with Gasteiger partial charge < -0.3 is 15.7 Å². The number of non-ortho nitro benzene ring substituents is 1. The molecule has 0 spiro atoms. The number of halogens is 3. The molecule has 0 bridgehead atoms. The molecule has 1 rings (SSSR count). The summed E-state index contributed by atoms with van der Waals surface area (Å²) in [6.07, 6.45) is -4.67. The molecule has 0 radical (unpaired) electrons. The van der Waals surface area contributed by atoms with Crippen molar-refractivity contribution < 1.29 is 28.0 Å². The lowest BCUT2D eigenvalue weighted by Gasteiger charge is -2.23. The number of nitro groups is 1. The maximum Gasteiger partial charge on any atom is 0.406 e. The number of rotatable bonds is 5. The lowest BCUT2D eigenvalue weighted by molar-refractivity contribution is -0.384. The molecule has 10 heteroatoms. The quantitative estimate of drug-likeness (QED) is 0.482. The molecular weight excluding hydrogens is 295 g/mol. The maximum absolute atomic E-state index is 12.4. The number of carbonyl (C=O) groups excluding carboxylic acids is 1. The molecule has 1 aromatic carbocycles. The van der Waals surface area contributed by atoms with Gasteiger partial charge in [-0.3, -0.25) is 14.9 Å². The fourth-order valence-electron chi connectivity index (χ4n) is 1.60. The van der Waals surface area contributed by atoms with Gasteiger partial charge in [0.05, 0.1) is 17.1 Å². The number of hydrogen-bond donors (Lipinski definition) is 2. The molecule has 7 nitrogen and oxygen atoms in total. The zero-order valence-corrected chi connectivity index (χ0v) is 10.6. The average molecular weight is 307 g/mol. The Morgan fingerprint density at radius 2 is 2.05 bits per heavy atom. The van der Waals surface area contributed by atoms with Crippen LogP contribution in [0.15, 0.2) is 18.2 Å². The van der Waals surface area contributed by atoms with Gasteiger partial charge in [0.1, 0.15) is 6.54 Å². The van der Waals surface area contributed by atoms with Crippen LogP contribution in [-0.2, 0) is 0 Å². The molecule has 0 aliphatic heterocycles. The first kappa shape index (κ1) is 16.7. The lowest BCUT2D eigenvalue weighted by Crippen LogP contribution is -2.40. The van der Waals surface area contributed by atoms with E-state index in [4.69, 9.17) is 10.8 Å². The van der Waals surface area contributed by atoms with Crippen molar-refractivity contribution in [2.75, 3.05) is 25.4 Å². The zero-order valence-electron chi connectivity index (χ0n) is 10.6. The molecule has 0 aromatic heterocycles. The van der Waals surface area contributed by atoms with Crippen molar-refractivity contribution in [1.82, 2.24) is 4.90 Å². The van der Waals surface area contributed by atoms with Crippen molar-refractivity contribution >= 4 is 17.3 Å². The number of nitrogens with two attached hydrogens (primary N) is 1. The monoisotopic (exact) mass is 307 g/mol. The summed E-state index contributed by atoms with van der Waals surface area (Å²) in [5.41, 5.74) is 4.41. The molecule has 0 atom stereocenters. The largest absolute Gasteiger partial charge is 0.406 e. The highest BCUT2D eigenvalue weighted by molar-refractivity contribution is 5.99. The minimum absolute atomic E-state index is 0.185. The number of carbonyl (C=O) groups is 1. The van der Waals surface area contributed by atoms with Crippen LogP contribution in [0.25, 0.3) is 0 Å². The summed E-state index contributed by atoms with van der Waals surface area (Å²) in [7, 11) is 0. The second kappa shape index (κ2) is 6.39. The summed E-state index contributed by atoms with van der Waals surface area (Å²) in [5, 5.41) is 19.4. The van der Waals surface area contributed by atoms with Crippen molar-refractivity contribution in [1.29, 1.82) is 0 Å². The predicted octanol–water partition coefficient (Wildman–Crippen LogP) is 1.17. The summed E-state index contributed by atoms with van der Waals surface area (Å²) >= 11 is 0. The van der Waals surface area contributed by atoms with E-state index in [9.17, 15) is 28.1 Å². The van der Waals surface area contributed by atoms with E-state index < -0.39 is 48.0 Å². The average Bonchev–Trinajstić information content (AvgIpc) is 2.36. The number of hydrogen-bond acceptors (Lipinski definition) is 5. The van der Waals surface area contributed by atoms with Gasteiger partial charge in [0.25, 0.3) is 11.6 Å². The van der Waals surface area contributed by atoms with Crippen molar-refractivity contribution in [2.45, 2.75) is 6.18 Å². The van der Waals surface area contributed by atoms with E-state index in [1.807, 2.05) is 0 Å². The van der Waals surface area contributed by atoms with Gasteiger partial charge in [0, 0.05) is 24.4 Å². The minimum Gasteiger partial charge on any atom is -0.398 e. The molecule has 0 unspecified atom stereocenters. The minimum atomic E-state index is -4.67. The molecule has 1 amide bonds. The number of alkyl halides is 3. The number of aliphatic hydroxyl groups excluding tert-OH is 1. The first-order valence-corrected chi connectivity index (χ1v) is 5.66.